The molecule has 1 fully saturated rings. The first-order valence-electron chi connectivity index (χ1n) is 6.50. The highest BCUT2D eigenvalue weighted by Gasteiger charge is 2.19. The SMILES string of the molecule is COC(=O)CCN1CCN(c2nccc(C#N)n2)CC1. The Bertz CT molecular complexity index is 506. The van der Waals surface area contributed by atoms with E-state index in [4.69, 9.17) is 5.26 Å². The van der Waals surface area contributed by atoms with Crippen molar-refractivity contribution in [3.05, 3.63) is 18.0 Å². The zero-order valence-electron chi connectivity index (χ0n) is 11.4. The average molecular weight is 275 g/mol. The lowest BCUT2D eigenvalue weighted by Gasteiger charge is -2.34. The molecule has 7 heteroatoms. The molecule has 1 saturated heterocycles. The number of hydrogen-bond donors (Lipinski definition) is 0. The van der Waals surface area contributed by atoms with E-state index < -0.39 is 0 Å². The molecule has 0 saturated carbocycles. The molecule has 2 rings (SSSR count). The molecule has 0 aliphatic carbocycles. The molecule has 7 nitrogen and oxygen atoms in total. The van der Waals surface area contributed by atoms with Gasteiger partial charge in [0.2, 0.25) is 5.95 Å². The minimum Gasteiger partial charge on any atom is -0.469 e. The number of ether oxygens (including phenoxy) is 1. The van der Waals surface area contributed by atoms with Gasteiger partial charge in [-0.1, -0.05) is 0 Å². The van der Waals surface area contributed by atoms with Crippen molar-refractivity contribution in [1.29, 1.82) is 5.26 Å². The van der Waals surface area contributed by atoms with Crippen molar-refractivity contribution < 1.29 is 9.53 Å². The van der Waals surface area contributed by atoms with Crippen molar-refractivity contribution in [2.75, 3.05) is 44.7 Å². The number of aromatic nitrogens is 2. The normalized spacial score (nSPS) is 15.7. The Balaban J connectivity index is 1.85. The fourth-order valence-corrected chi connectivity index (χ4v) is 2.09. The molecule has 0 amide bonds. The molecule has 1 aromatic rings. The molecule has 0 radical (unpaired) electrons. The lowest BCUT2D eigenvalue weighted by Crippen LogP contribution is -2.47. The van der Waals surface area contributed by atoms with Crippen LogP contribution in [0.1, 0.15) is 12.1 Å². The van der Waals surface area contributed by atoms with Gasteiger partial charge in [-0.3, -0.25) is 9.69 Å². The van der Waals surface area contributed by atoms with Gasteiger partial charge in [-0.2, -0.15) is 5.26 Å². The number of carbonyl (C=O) groups is 1. The second-order valence-corrected chi connectivity index (χ2v) is 4.51. The smallest absolute Gasteiger partial charge is 0.306 e. The summed E-state index contributed by atoms with van der Waals surface area (Å²) < 4.78 is 4.63. The summed E-state index contributed by atoms with van der Waals surface area (Å²) in [6.45, 7) is 3.97. The molecule has 0 unspecified atom stereocenters. The Morgan fingerprint density at radius 3 is 2.85 bits per heavy atom. The van der Waals surface area contributed by atoms with Gasteiger partial charge in [-0.05, 0) is 6.07 Å². The number of piperazine rings is 1. The van der Waals surface area contributed by atoms with Crippen LogP contribution in [0.25, 0.3) is 0 Å². The van der Waals surface area contributed by atoms with Crippen molar-refractivity contribution in [2.24, 2.45) is 0 Å². The lowest BCUT2D eigenvalue weighted by molar-refractivity contribution is -0.141. The van der Waals surface area contributed by atoms with Gasteiger partial charge < -0.3 is 9.64 Å². The Morgan fingerprint density at radius 1 is 1.45 bits per heavy atom. The molecule has 1 aliphatic heterocycles. The van der Waals surface area contributed by atoms with E-state index in [0.717, 1.165) is 26.2 Å². The standard InChI is InChI=1S/C13H17N5O2/c1-20-12(19)3-5-17-6-8-18(9-7-17)13-15-4-2-11(10-14)16-13/h2,4H,3,5-9H2,1H3. The number of carbonyl (C=O) groups excluding carboxylic acids is 1. The lowest BCUT2D eigenvalue weighted by atomic mass is 10.3. The number of nitrogens with zero attached hydrogens (tertiary/aromatic N) is 5. The summed E-state index contributed by atoms with van der Waals surface area (Å²) in [6, 6.07) is 3.61. The molecule has 106 valence electrons. The van der Waals surface area contributed by atoms with Gasteiger partial charge in [0.1, 0.15) is 11.8 Å². The first-order chi connectivity index (χ1) is 9.72. The fraction of sp³-hybridized carbons (Fsp3) is 0.538. The van der Waals surface area contributed by atoms with E-state index in [-0.39, 0.29) is 5.97 Å². The van der Waals surface area contributed by atoms with E-state index in [0.29, 0.717) is 24.6 Å². The summed E-state index contributed by atoms with van der Waals surface area (Å²) in [6.07, 6.45) is 2.02. The summed E-state index contributed by atoms with van der Waals surface area (Å²) in [5, 5.41) is 8.84. The minimum atomic E-state index is -0.183. The van der Waals surface area contributed by atoms with Crippen LogP contribution in [0, 0.1) is 11.3 Å². The molecule has 1 aliphatic rings. The molecular formula is C13H17N5O2. The zero-order valence-corrected chi connectivity index (χ0v) is 11.4. The predicted octanol–water partition coefficient (Wildman–Crippen LogP) is 0.0334. The van der Waals surface area contributed by atoms with E-state index >= 15 is 0 Å². The zero-order chi connectivity index (χ0) is 14.4. The van der Waals surface area contributed by atoms with Crippen LogP contribution in [0.4, 0.5) is 5.95 Å². The summed E-state index contributed by atoms with van der Waals surface area (Å²) in [7, 11) is 1.40. The summed E-state index contributed by atoms with van der Waals surface area (Å²) in [5.41, 5.74) is 0.378. The third kappa shape index (κ3) is 3.65. The molecular weight excluding hydrogens is 258 g/mol. The van der Waals surface area contributed by atoms with Crippen molar-refractivity contribution in [3.63, 3.8) is 0 Å². The van der Waals surface area contributed by atoms with Crippen molar-refractivity contribution in [3.8, 4) is 6.07 Å². The molecule has 0 aromatic carbocycles. The Hall–Kier alpha value is -2.20. The van der Waals surface area contributed by atoms with E-state index in [2.05, 4.69) is 24.5 Å². The summed E-state index contributed by atoms with van der Waals surface area (Å²) in [4.78, 5) is 23.7. The minimum absolute atomic E-state index is 0.183. The van der Waals surface area contributed by atoms with E-state index in [1.165, 1.54) is 7.11 Å². The molecule has 0 N–H and O–H groups in total. The quantitative estimate of drug-likeness (QED) is 0.717. The van der Waals surface area contributed by atoms with Crippen LogP contribution < -0.4 is 4.90 Å². The maximum Gasteiger partial charge on any atom is 0.306 e. The summed E-state index contributed by atoms with van der Waals surface area (Å²) >= 11 is 0. The van der Waals surface area contributed by atoms with Crippen molar-refractivity contribution in [1.82, 2.24) is 14.9 Å². The Labute approximate surface area is 117 Å². The first kappa shape index (κ1) is 14.2. The van der Waals surface area contributed by atoms with Gasteiger partial charge in [-0.15, -0.1) is 0 Å². The first-order valence-corrected chi connectivity index (χ1v) is 6.50. The van der Waals surface area contributed by atoms with Crippen LogP contribution >= 0.6 is 0 Å². The predicted molar refractivity (Wildman–Crippen MR) is 72.0 cm³/mol. The van der Waals surface area contributed by atoms with Crippen molar-refractivity contribution in [2.45, 2.75) is 6.42 Å². The average Bonchev–Trinajstić information content (AvgIpc) is 2.53. The van der Waals surface area contributed by atoms with Gasteiger partial charge in [0.15, 0.2) is 0 Å². The van der Waals surface area contributed by atoms with E-state index in [1.54, 1.807) is 12.3 Å². The summed E-state index contributed by atoms with van der Waals surface area (Å²) in [5.74, 6) is 0.411. The van der Waals surface area contributed by atoms with Crippen LogP contribution in [-0.4, -0.2) is 60.7 Å². The van der Waals surface area contributed by atoms with Gasteiger partial charge in [0, 0.05) is 38.9 Å². The second kappa shape index (κ2) is 6.82. The van der Waals surface area contributed by atoms with Crippen LogP contribution in [0.2, 0.25) is 0 Å². The number of esters is 1. The molecule has 1 aromatic heterocycles. The van der Waals surface area contributed by atoms with E-state index in [9.17, 15) is 4.79 Å². The van der Waals surface area contributed by atoms with Crippen molar-refractivity contribution >= 4 is 11.9 Å². The number of rotatable bonds is 4. The number of anilines is 1. The van der Waals surface area contributed by atoms with Crippen LogP contribution in [0.15, 0.2) is 12.3 Å². The third-order valence-corrected chi connectivity index (χ3v) is 3.27. The van der Waals surface area contributed by atoms with Gasteiger partial charge in [0.05, 0.1) is 13.5 Å². The maximum absolute atomic E-state index is 11.1. The largest absolute Gasteiger partial charge is 0.469 e. The third-order valence-electron chi connectivity index (χ3n) is 3.27. The van der Waals surface area contributed by atoms with Gasteiger partial charge in [-0.25, -0.2) is 9.97 Å². The highest BCUT2D eigenvalue weighted by atomic mass is 16.5. The van der Waals surface area contributed by atoms with E-state index in [1.807, 2.05) is 6.07 Å². The maximum atomic E-state index is 11.1. The molecule has 2 heterocycles. The van der Waals surface area contributed by atoms with Gasteiger partial charge in [0.25, 0.3) is 0 Å². The highest BCUT2D eigenvalue weighted by Crippen LogP contribution is 2.11. The van der Waals surface area contributed by atoms with Gasteiger partial charge >= 0.3 is 5.97 Å². The molecule has 0 bridgehead atoms. The number of nitriles is 1. The number of hydrogen-bond acceptors (Lipinski definition) is 7. The van der Waals surface area contributed by atoms with Crippen LogP contribution in [0.5, 0.6) is 0 Å². The highest BCUT2D eigenvalue weighted by molar-refractivity contribution is 5.69. The second-order valence-electron chi connectivity index (χ2n) is 4.51. The fourth-order valence-electron chi connectivity index (χ4n) is 2.09. The Morgan fingerprint density at radius 2 is 2.20 bits per heavy atom. The number of methoxy groups -OCH3 is 1. The van der Waals surface area contributed by atoms with Crippen LogP contribution in [0.3, 0.4) is 0 Å². The van der Waals surface area contributed by atoms with Crippen LogP contribution in [-0.2, 0) is 9.53 Å². The molecule has 0 atom stereocenters. The Kier molecular flexibility index (Phi) is 4.85. The molecule has 0 spiro atoms. The monoisotopic (exact) mass is 275 g/mol. The molecule has 20 heavy (non-hydrogen) atoms. The topological polar surface area (TPSA) is 82.4 Å².